The lowest BCUT2D eigenvalue weighted by Crippen LogP contribution is -2.61. The van der Waals surface area contributed by atoms with Crippen LogP contribution in [0.4, 0.5) is 4.79 Å². The molecule has 0 aromatic heterocycles. The second-order valence-electron chi connectivity index (χ2n) is 6.82. The Morgan fingerprint density at radius 1 is 1.25 bits per heavy atom. The molecule has 0 atom stereocenters. The van der Waals surface area contributed by atoms with Crippen LogP contribution in [0.2, 0.25) is 0 Å². The predicted octanol–water partition coefficient (Wildman–Crippen LogP) is 3.10. The largest absolute Gasteiger partial charge is 0.446 e. The van der Waals surface area contributed by atoms with Crippen molar-refractivity contribution in [1.82, 2.24) is 10.4 Å². The first-order valence-electron chi connectivity index (χ1n) is 7.52. The number of hydroxylamine groups is 2. The van der Waals surface area contributed by atoms with Crippen LogP contribution in [0.15, 0.2) is 0 Å². The van der Waals surface area contributed by atoms with Gasteiger partial charge in [-0.1, -0.05) is 13.3 Å². The molecule has 1 heterocycles. The first-order valence-corrected chi connectivity index (χ1v) is 7.52. The van der Waals surface area contributed by atoms with Gasteiger partial charge in [-0.25, -0.2) is 4.79 Å². The maximum Gasteiger partial charge on any atom is 0.407 e. The third kappa shape index (κ3) is 4.35. The van der Waals surface area contributed by atoms with E-state index in [1.165, 1.54) is 0 Å². The fourth-order valence-electron chi connectivity index (χ4n) is 3.31. The average molecular weight is 286 g/mol. The molecule has 0 spiro atoms. The molecule has 1 saturated heterocycles. The molecule has 118 valence electrons. The summed E-state index contributed by atoms with van der Waals surface area (Å²) in [5.74, 6) is 0. The molecule has 1 rings (SSSR count). The minimum Gasteiger partial charge on any atom is -0.446 e. The van der Waals surface area contributed by atoms with Crippen molar-refractivity contribution >= 4 is 6.09 Å². The number of hydrogen-bond acceptors (Lipinski definition) is 4. The molecule has 0 aromatic carbocycles. The van der Waals surface area contributed by atoms with E-state index >= 15 is 0 Å². The van der Waals surface area contributed by atoms with Gasteiger partial charge in [0.1, 0.15) is 6.10 Å². The van der Waals surface area contributed by atoms with Gasteiger partial charge in [-0.2, -0.15) is 5.06 Å². The Morgan fingerprint density at radius 2 is 1.80 bits per heavy atom. The number of nitrogens with zero attached hydrogens (tertiary/aromatic N) is 1. The van der Waals surface area contributed by atoms with Crippen molar-refractivity contribution in [3.63, 3.8) is 0 Å². The zero-order valence-corrected chi connectivity index (χ0v) is 13.8. The Labute approximate surface area is 122 Å². The van der Waals surface area contributed by atoms with Crippen LogP contribution in [0.5, 0.6) is 0 Å². The number of nitrogens with one attached hydrogen (secondary N) is 1. The number of ether oxygens (including phenoxy) is 1. The van der Waals surface area contributed by atoms with Crippen molar-refractivity contribution in [2.24, 2.45) is 0 Å². The Morgan fingerprint density at radius 3 is 2.25 bits per heavy atom. The first kappa shape index (κ1) is 17.2. The molecule has 1 aliphatic heterocycles. The number of amides is 1. The quantitative estimate of drug-likeness (QED) is 0.789. The SMILES string of the molecule is CCCCNC(=O)OC1CC(C)(C)N(OC)C(C)(C)C1. The lowest BCUT2D eigenvalue weighted by Gasteiger charge is -2.52. The van der Waals surface area contributed by atoms with E-state index in [2.05, 4.69) is 39.9 Å². The summed E-state index contributed by atoms with van der Waals surface area (Å²) in [5, 5.41) is 4.81. The average Bonchev–Trinajstić information content (AvgIpc) is 2.26. The van der Waals surface area contributed by atoms with Gasteiger partial charge in [0.15, 0.2) is 0 Å². The van der Waals surface area contributed by atoms with Gasteiger partial charge in [0.2, 0.25) is 0 Å². The summed E-state index contributed by atoms with van der Waals surface area (Å²) in [6.07, 6.45) is 3.20. The van der Waals surface area contributed by atoms with Gasteiger partial charge < -0.3 is 14.9 Å². The second kappa shape index (κ2) is 6.76. The molecule has 0 aliphatic carbocycles. The zero-order valence-electron chi connectivity index (χ0n) is 13.8. The van der Waals surface area contributed by atoms with E-state index in [0.29, 0.717) is 6.54 Å². The normalized spacial score (nSPS) is 22.5. The summed E-state index contributed by atoms with van der Waals surface area (Å²) in [6.45, 7) is 11.2. The summed E-state index contributed by atoms with van der Waals surface area (Å²) in [5.41, 5.74) is -0.324. The van der Waals surface area contributed by atoms with Crippen LogP contribution in [0, 0.1) is 0 Å². The fraction of sp³-hybridized carbons (Fsp3) is 0.933. The van der Waals surface area contributed by atoms with Crippen molar-refractivity contribution in [2.45, 2.75) is 77.5 Å². The lowest BCUT2D eigenvalue weighted by atomic mass is 9.80. The Bertz CT molecular complexity index is 311. The van der Waals surface area contributed by atoms with Gasteiger partial charge in [-0.3, -0.25) is 0 Å². The maximum atomic E-state index is 11.8. The van der Waals surface area contributed by atoms with Crippen molar-refractivity contribution in [1.29, 1.82) is 0 Å². The number of carbonyl (C=O) groups is 1. The van der Waals surface area contributed by atoms with Gasteiger partial charge in [0.05, 0.1) is 7.11 Å². The molecule has 0 bridgehead atoms. The number of piperidine rings is 1. The van der Waals surface area contributed by atoms with E-state index in [1.54, 1.807) is 7.11 Å². The molecule has 1 amide bonds. The molecule has 5 nitrogen and oxygen atoms in total. The molecule has 0 saturated carbocycles. The summed E-state index contributed by atoms with van der Waals surface area (Å²) < 4.78 is 5.57. The first-order chi connectivity index (χ1) is 9.23. The number of hydrogen-bond donors (Lipinski definition) is 1. The molecule has 0 aromatic rings. The van der Waals surface area contributed by atoms with Crippen molar-refractivity contribution in [3.05, 3.63) is 0 Å². The highest BCUT2D eigenvalue weighted by Gasteiger charge is 2.47. The maximum absolute atomic E-state index is 11.8. The summed E-state index contributed by atoms with van der Waals surface area (Å²) in [6, 6.07) is 0. The van der Waals surface area contributed by atoms with E-state index in [4.69, 9.17) is 9.57 Å². The molecule has 0 radical (unpaired) electrons. The monoisotopic (exact) mass is 286 g/mol. The van der Waals surface area contributed by atoms with Crippen LogP contribution in [-0.4, -0.2) is 42.0 Å². The van der Waals surface area contributed by atoms with Crippen LogP contribution in [0.1, 0.15) is 60.3 Å². The highest BCUT2D eigenvalue weighted by molar-refractivity contribution is 5.67. The molecule has 0 unspecified atom stereocenters. The predicted molar refractivity (Wildman–Crippen MR) is 79.4 cm³/mol. The standard InChI is InChI=1S/C15H30N2O3/c1-7-8-9-16-13(18)20-12-10-14(2,3)17(19-6)15(4,5)11-12/h12H,7-11H2,1-6H3,(H,16,18). The highest BCUT2D eigenvalue weighted by Crippen LogP contribution is 2.39. The van der Waals surface area contributed by atoms with Crippen LogP contribution in [0.3, 0.4) is 0 Å². The van der Waals surface area contributed by atoms with Crippen molar-refractivity contribution in [3.8, 4) is 0 Å². The summed E-state index contributed by atoms with van der Waals surface area (Å²) in [4.78, 5) is 17.3. The minimum absolute atomic E-state index is 0.0759. The van der Waals surface area contributed by atoms with Gasteiger partial charge in [0, 0.05) is 30.5 Å². The molecular weight excluding hydrogens is 256 g/mol. The molecule has 1 fully saturated rings. The van der Waals surface area contributed by atoms with Gasteiger partial charge in [0.25, 0.3) is 0 Å². The van der Waals surface area contributed by atoms with Gasteiger partial charge in [-0.15, -0.1) is 0 Å². The Hall–Kier alpha value is -0.810. The fourth-order valence-corrected chi connectivity index (χ4v) is 3.31. The van der Waals surface area contributed by atoms with Gasteiger partial charge in [-0.05, 0) is 34.1 Å². The van der Waals surface area contributed by atoms with Crippen LogP contribution < -0.4 is 5.32 Å². The van der Waals surface area contributed by atoms with Crippen molar-refractivity contribution in [2.75, 3.05) is 13.7 Å². The molecule has 5 heteroatoms. The minimum atomic E-state index is -0.305. The Kier molecular flexibility index (Phi) is 5.83. The van der Waals surface area contributed by atoms with Crippen LogP contribution in [-0.2, 0) is 9.57 Å². The molecule has 1 N–H and O–H groups in total. The highest BCUT2D eigenvalue weighted by atomic mass is 16.7. The second-order valence-corrected chi connectivity index (χ2v) is 6.82. The van der Waals surface area contributed by atoms with E-state index < -0.39 is 0 Å². The molecule has 20 heavy (non-hydrogen) atoms. The molecule has 1 aliphatic rings. The lowest BCUT2D eigenvalue weighted by molar-refractivity contribution is -0.276. The van der Waals surface area contributed by atoms with E-state index in [-0.39, 0.29) is 23.3 Å². The van der Waals surface area contributed by atoms with E-state index in [9.17, 15) is 4.79 Å². The zero-order chi connectivity index (χ0) is 15.4. The number of carbonyl (C=O) groups excluding carboxylic acids is 1. The molecular formula is C15H30N2O3. The van der Waals surface area contributed by atoms with E-state index in [1.807, 2.05) is 5.06 Å². The third-order valence-corrected chi connectivity index (χ3v) is 3.81. The smallest absolute Gasteiger partial charge is 0.407 e. The number of rotatable bonds is 5. The third-order valence-electron chi connectivity index (χ3n) is 3.81. The van der Waals surface area contributed by atoms with Gasteiger partial charge >= 0.3 is 6.09 Å². The number of unbranched alkanes of at least 4 members (excludes halogenated alkanes) is 1. The summed E-state index contributed by atoms with van der Waals surface area (Å²) >= 11 is 0. The van der Waals surface area contributed by atoms with Crippen LogP contribution in [0.25, 0.3) is 0 Å². The Balaban J connectivity index is 2.59. The van der Waals surface area contributed by atoms with E-state index in [0.717, 1.165) is 25.7 Å². The van der Waals surface area contributed by atoms with Crippen molar-refractivity contribution < 1.29 is 14.4 Å². The topological polar surface area (TPSA) is 50.8 Å². The number of alkyl carbamates (subject to hydrolysis) is 1. The van der Waals surface area contributed by atoms with Crippen LogP contribution >= 0.6 is 0 Å². The summed E-state index contributed by atoms with van der Waals surface area (Å²) in [7, 11) is 1.70.